The second kappa shape index (κ2) is 3.97. The van der Waals surface area contributed by atoms with Crippen molar-refractivity contribution in [3.8, 4) is 5.75 Å². The summed E-state index contributed by atoms with van der Waals surface area (Å²) in [6, 6.07) is 3.78. The van der Waals surface area contributed by atoms with Crippen LogP contribution < -0.4 is 4.74 Å². The third-order valence-corrected chi connectivity index (χ3v) is 2.18. The van der Waals surface area contributed by atoms with Crippen LogP contribution in [0.25, 0.3) is 0 Å². The third kappa shape index (κ3) is 2.26. The van der Waals surface area contributed by atoms with Crippen molar-refractivity contribution >= 4 is 22.6 Å². The highest BCUT2D eigenvalue weighted by Crippen LogP contribution is 2.24. The van der Waals surface area contributed by atoms with Crippen LogP contribution in [0.5, 0.6) is 5.75 Å². The minimum atomic E-state index is -2.92. The maximum absolute atomic E-state index is 12.7. The monoisotopic (exact) mass is 288 g/mol. The maximum atomic E-state index is 12.7. The lowest BCUT2D eigenvalue weighted by atomic mass is 10.3. The van der Waals surface area contributed by atoms with Crippen LogP contribution in [0.2, 0.25) is 0 Å². The highest BCUT2D eigenvalue weighted by molar-refractivity contribution is 14.1. The summed E-state index contributed by atoms with van der Waals surface area (Å²) in [5.41, 5.74) is 0. The Kier molecular flexibility index (Phi) is 3.19. The molecule has 0 fully saturated rings. The molecule has 0 atom stereocenters. The van der Waals surface area contributed by atoms with E-state index < -0.39 is 12.4 Å². The number of benzene rings is 1. The normalized spacial score (nSPS) is 10.4. The highest BCUT2D eigenvalue weighted by Gasteiger charge is 2.10. The summed E-state index contributed by atoms with van der Waals surface area (Å²) in [5, 5.41) is 0. The molecule has 66 valence electrons. The predicted octanol–water partition coefficient (Wildman–Crippen LogP) is 3.03. The van der Waals surface area contributed by atoms with Gasteiger partial charge < -0.3 is 4.74 Å². The first kappa shape index (κ1) is 9.63. The van der Waals surface area contributed by atoms with Crippen LogP contribution in [0.3, 0.4) is 0 Å². The fraction of sp³-hybridized carbons (Fsp3) is 0.143. The van der Waals surface area contributed by atoms with Crippen molar-refractivity contribution in [3.05, 3.63) is 27.6 Å². The fourth-order valence-corrected chi connectivity index (χ4v) is 1.16. The van der Waals surface area contributed by atoms with Gasteiger partial charge in [0, 0.05) is 0 Å². The number of halogens is 4. The smallest absolute Gasteiger partial charge is 0.387 e. The molecule has 0 saturated heterocycles. The maximum Gasteiger partial charge on any atom is 0.387 e. The largest absolute Gasteiger partial charge is 0.434 e. The highest BCUT2D eigenvalue weighted by atomic mass is 127. The van der Waals surface area contributed by atoms with Crippen molar-refractivity contribution in [1.82, 2.24) is 0 Å². The van der Waals surface area contributed by atoms with E-state index in [0.717, 1.165) is 0 Å². The van der Waals surface area contributed by atoms with Gasteiger partial charge in [0.25, 0.3) is 0 Å². The molecule has 0 aliphatic heterocycles. The molecule has 0 aromatic heterocycles. The molecule has 0 heterocycles. The van der Waals surface area contributed by atoms with Gasteiger partial charge in [-0.2, -0.15) is 8.78 Å². The molecule has 0 aliphatic rings. The standard InChI is InChI=1S/C7H4F3IO/c8-4-2-1-3-5(6(4)11)12-7(9)10/h1-3,7H. The van der Waals surface area contributed by atoms with E-state index in [1.807, 2.05) is 0 Å². The molecule has 0 bridgehead atoms. The molecule has 0 saturated carbocycles. The summed E-state index contributed by atoms with van der Waals surface area (Å²) >= 11 is 1.60. The number of hydrogen-bond donors (Lipinski definition) is 0. The molecule has 0 N–H and O–H groups in total. The Morgan fingerprint density at radius 1 is 1.33 bits per heavy atom. The molecule has 5 heteroatoms. The SMILES string of the molecule is Fc1cccc(OC(F)F)c1I. The van der Waals surface area contributed by atoms with E-state index in [4.69, 9.17) is 0 Å². The first-order valence-corrected chi connectivity index (χ1v) is 4.08. The molecule has 0 spiro atoms. The van der Waals surface area contributed by atoms with Crippen molar-refractivity contribution in [3.63, 3.8) is 0 Å². The van der Waals surface area contributed by atoms with E-state index in [-0.39, 0.29) is 9.32 Å². The molecule has 0 amide bonds. The third-order valence-electron chi connectivity index (χ3n) is 1.13. The average molecular weight is 288 g/mol. The van der Waals surface area contributed by atoms with E-state index in [0.29, 0.717) is 0 Å². The molecule has 1 aromatic rings. The Balaban J connectivity index is 2.92. The van der Waals surface area contributed by atoms with Crippen LogP contribution in [-0.4, -0.2) is 6.61 Å². The van der Waals surface area contributed by atoms with Gasteiger partial charge in [0.2, 0.25) is 0 Å². The van der Waals surface area contributed by atoms with Crippen LogP contribution in [0.4, 0.5) is 13.2 Å². The van der Waals surface area contributed by atoms with Crippen molar-refractivity contribution < 1.29 is 17.9 Å². The Morgan fingerprint density at radius 2 is 2.00 bits per heavy atom. The number of rotatable bonds is 2. The number of hydrogen-bond acceptors (Lipinski definition) is 1. The summed E-state index contributed by atoms with van der Waals surface area (Å²) < 4.78 is 40.2. The Morgan fingerprint density at radius 3 is 2.58 bits per heavy atom. The van der Waals surface area contributed by atoms with E-state index in [9.17, 15) is 13.2 Å². The topological polar surface area (TPSA) is 9.23 Å². The second-order valence-electron chi connectivity index (χ2n) is 1.93. The van der Waals surface area contributed by atoms with Gasteiger partial charge >= 0.3 is 6.61 Å². The molecule has 0 aliphatic carbocycles. The van der Waals surface area contributed by atoms with Crippen LogP contribution in [0.15, 0.2) is 18.2 Å². The summed E-state index contributed by atoms with van der Waals surface area (Å²) in [6.07, 6.45) is 0. The quantitative estimate of drug-likeness (QED) is 0.760. The van der Waals surface area contributed by atoms with Gasteiger partial charge in [0.05, 0.1) is 3.57 Å². The van der Waals surface area contributed by atoms with Gasteiger partial charge in [0.15, 0.2) is 0 Å². The summed E-state index contributed by atoms with van der Waals surface area (Å²) in [4.78, 5) is 0. The molecule has 1 nitrogen and oxygen atoms in total. The zero-order chi connectivity index (χ0) is 9.14. The molecule has 0 radical (unpaired) electrons. The van der Waals surface area contributed by atoms with Gasteiger partial charge in [-0.25, -0.2) is 4.39 Å². The zero-order valence-corrected chi connectivity index (χ0v) is 7.89. The van der Waals surface area contributed by atoms with Crippen LogP contribution >= 0.6 is 22.6 Å². The van der Waals surface area contributed by atoms with Crippen LogP contribution in [-0.2, 0) is 0 Å². The van der Waals surface area contributed by atoms with Gasteiger partial charge in [-0.3, -0.25) is 0 Å². The lowest BCUT2D eigenvalue weighted by Gasteiger charge is -2.05. The minimum Gasteiger partial charge on any atom is -0.434 e. The summed E-state index contributed by atoms with van der Waals surface area (Å²) in [5.74, 6) is -0.695. The van der Waals surface area contributed by atoms with Crippen molar-refractivity contribution in [2.45, 2.75) is 6.61 Å². The molecular formula is C7H4F3IO. The Labute approximate surface area is 80.7 Å². The van der Waals surface area contributed by atoms with Crippen LogP contribution in [0, 0.1) is 9.39 Å². The number of ether oxygens (including phenoxy) is 1. The van der Waals surface area contributed by atoms with Gasteiger partial charge in [-0.1, -0.05) is 6.07 Å². The molecule has 1 rings (SSSR count). The minimum absolute atomic E-state index is 0.0652. The predicted molar refractivity (Wildman–Crippen MR) is 45.7 cm³/mol. The van der Waals surface area contributed by atoms with Crippen molar-refractivity contribution in [2.75, 3.05) is 0 Å². The van der Waals surface area contributed by atoms with Gasteiger partial charge in [-0.15, -0.1) is 0 Å². The summed E-state index contributed by atoms with van der Waals surface area (Å²) in [7, 11) is 0. The Bertz CT molecular complexity index is 277. The molecule has 12 heavy (non-hydrogen) atoms. The van der Waals surface area contributed by atoms with Crippen molar-refractivity contribution in [2.24, 2.45) is 0 Å². The second-order valence-corrected chi connectivity index (χ2v) is 3.01. The Hall–Kier alpha value is -0.460. The lowest BCUT2D eigenvalue weighted by Crippen LogP contribution is -2.03. The zero-order valence-electron chi connectivity index (χ0n) is 5.73. The molecular weight excluding hydrogens is 284 g/mol. The lowest BCUT2D eigenvalue weighted by molar-refractivity contribution is -0.0506. The number of alkyl halides is 2. The van der Waals surface area contributed by atoms with Gasteiger partial charge in [0.1, 0.15) is 11.6 Å². The van der Waals surface area contributed by atoms with E-state index in [2.05, 4.69) is 4.74 Å². The first-order chi connectivity index (χ1) is 5.61. The van der Waals surface area contributed by atoms with E-state index in [1.54, 1.807) is 22.6 Å². The summed E-state index contributed by atoms with van der Waals surface area (Å²) in [6.45, 7) is -2.92. The molecule has 1 aromatic carbocycles. The van der Waals surface area contributed by atoms with E-state index >= 15 is 0 Å². The van der Waals surface area contributed by atoms with E-state index in [1.165, 1.54) is 18.2 Å². The van der Waals surface area contributed by atoms with Crippen LogP contribution in [0.1, 0.15) is 0 Å². The molecule has 0 unspecified atom stereocenters. The average Bonchev–Trinajstić information content (AvgIpc) is 1.98. The fourth-order valence-electron chi connectivity index (χ4n) is 0.671. The first-order valence-electron chi connectivity index (χ1n) is 3.00. The van der Waals surface area contributed by atoms with Gasteiger partial charge in [-0.05, 0) is 34.7 Å². The van der Waals surface area contributed by atoms with Crippen molar-refractivity contribution in [1.29, 1.82) is 0 Å².